The molecular weight excluding hydrogens is 226 g/mol. The van der Waals surface area contributed by atoms with E-state index in [9.17, 15) is 9.90 Å². The van der Waals surface area contributed by atoms with Crippen LogP contribution in [0.2, 0.25) is 0 Å². The Morgan fingerprint density at radius 1 is 1.00 bits per heavy atom. The molecule has 3 heteroatoms. The van der Waals surface area contributed by atoms with Crippen molar-refractivity contribution >= 4 is 5.91 Å². The number of aliphatic hydroxyl groups is 1. The molecule has 2 atom stereocenters. The summed E-state index contributed by atoms with van der Waals surface area (Å²) < 4.78 is 0. The second-order valence-electron chi connectivity index (χ2n) is 6.52. The lowest BCUT2D eigenvalue weighted by Gasteiger charge is -2.38. The molecule has 0 spiro atoms. The largest absolute Gasteiger partial charge is 0.393 e. The normalized spacial score (nSPS) is 36.9. The lowest BCUT2D eigenvalue weighted by atomic mass is 9.86. The Bertz CT molecular complexity index is 298. The summed E-state index contributed by atoms with van der Waals surface area (Å²) >= 11 is 0. The second-order valence-corrected chi connectivity index (χ2v) is 6.52. The van der Waals surface area contributed by atoms with Gasteiger partial charge in [0.2, 0.25) is 5.91 Å². The van der Waals surface area contributed by atoms with Crippen molar-refractivity contribution in [2.45, 2.75) is 82.4 Å². The van der Waals surface area contributed by atoms with E-state index >= 15 is 0 Å². The Hall–Kier alpha value is -0.570. The predicted molar refractivity (Wildman–Crippen MR) is 70.1 cm³/mol. The van der Waals surface area contributed by atoms with Gasteiger partial charge in [-0.1, -0.05) is 19.3 Å². The van der Waals surface area contributed by atoms with E-state index in [2.05, 4.69) is 4.90 Å². The van der Waals surface area contributed by atoms with E-state index in [4.69, 9.17) is 0 Å². The van der Waals surface area contributed by atoms with Crippen molar-refractivity contribution in [3.63, 3.8) is 0 Å². The molecule has 0 radical (unpaired) electrons. The second kappa shape index (κ2) is 5.20. The van der Waals surface area contributed by atoms with Gasteiger partial charge >= 0.3 is 0 Å². The maximum Gasteiger partial charge on any atom is 0.223 e. The van der Waals surface area contributed by atoms with Gasteiger partial charge < -0.3 is 10.0 Å². The molecule has 3 aliphatic rings. The van der Waals surface area contributed by atoms with Gasteiger partial charge in [-0.3, -0.25) is 4.79 Å². The van der Waals surface area contributed by atoms with Crippen LogP contribution >= 0.6 is 0 Å². The summed E-state index contributed by atoms with van der Waals surface area (Å²) in [4.78, 5) is 14.6. The summed E-state index contributed by atoms with van der Waals surface area (Å²) in [5.74, 6) is 1.01. The van der Waals surface area contributed by atoms with Crippen molar-refractivity contribution in [3.8, 4) is 0 Å². The molecule has 1 aliphatic carbocycles. The van der Waals surface area contributed by atoms with Gasteiger partial charge in [0.1, 0.15) is 0 Å². The Labute approximate surface area is 110 Å². The fraction of sp³-hybridized carbons (Fsp3) is 0.933. The number of hydrogen-bond acceptors (Lipinski definition) is 2. The highest BCUT2D eigenvalue weighted by Crippen LogP contribution is 2.37. The zero-order valence-corrected chi connectivity index (χ0v) is 11.2. The number of carbonyl (C=O) groups excluding carboxylic acids is 1. The molecule has 2 aliphatic heterocycles. The standard InChI is InChI=1S/C15H25NO2/c17-14-9-12-6-7-13(10-14)16(12)15(18)8-11-4-2-1-3-5-11/h11-14,17H,1-10H2. The van der Waals surface area contributed by atoms with E-state index in [0.29, 0.717) is 23.9 Å². The van der Waals surface area contributed by atoms with E-state index in [1.807, 2.05) is 0 Å². The van der Waals surface area contributed by atoms with Crippen LogP contribution in [0.3, 0.4) is 0 Å². The van der Waals surface area contributed by atoms with Crippen LogP contribution in [-0.4, -0.2) is 34.1 Å². The van der Waals surface area contributed by atoms with E-state index in [-0.39, 0.29) is 6.10 Å². The highest BCUT2D eigenvalue weighted by Gasteiger charge is 2.42. The van der Waals surface area contributed by atoms with E-state index in [0.717, 1.165) is 32.1 Å². The van der Waals surface area contributed by atoms with Gasteiger partial charge in [-0.15, -0.1) is 0 Å². The van der Waals surface area contributed by atoms with Crippen LogP contribution in [0.15, 0.2) is 0 Å². The molecule has 3 rings (SSSR count). The molecule has 2 unspecified atom stereocenters. The van der Waals surface area contributed by atoms with Crippen LogP contribution in [0.4, 0.5) is 0 Å². The number of fused-ring (bicyclic) bond motifs is 2. The van der Waals surface area contributed by atoms with Crippen LogP contribution in [-0.2, 0) is 4.79 Å². The van der Waals surface area contributed by atoms with Crippen molar-refractivity contribution in [1.82, 2.24) is 4.90 Å². The summed E-state index contributed by atoms with van der Waals surface area (Å²) in [5.41, 5.74) is 0. The first-order valence-electron chi connectivity index (χ1n) is 7.73. The summed E-state index contributed by atoms with van der Waals surface area (Å²) in [7, 11) is 0. The highest BCUT2D eigenvalue weighted by atomic mass is 16.3. The van der Waals surface area contributed by atoms with Crippen molar-refractivity contribution in [2.24, 2.45) is 5.92 Å². The topological polar surface area (TPSA) is 40.5 Å². The number of hydrogen-bond donors (Lipinski definition) is 1. The van der Waals surface area contributed by atoms with Gasteiger partial charge in [0.15, 0.2) is 0 Å². The molecule has 2 saturated heterocycles. The monoisotopic (exact) mass is 251 g/mol. The van der Waals surface area contributed by atoms with Crippen molar-refractivity contribution in [1.29, 1.82) is 0 Å². The fourth-order valence-electron chi connectivity index (χ4n) is 4.30. The van der Waals surface area contributed by atoms with Crippen LogP contribution in [0.1, 0.15) is 64.2 Å². The maximum atomic E-state index is 12.5. The number of nitrogens with zero attached hydrogens (tertiary/aromatic N) is 1. The first-order chi connectivity index (χ1) is 8.74. The molecule has 1 N–H and O–H groups in total. The van der Waals surface area contributed by atoms with E-state index < -0.39 is 0 Å². The highest BCUT2D eigenvalue weighted by molar-refractivity contribution is 5.77. The molecular formula is C15H25NO2. The Balaban J connectivity index is 1.59. The van der Waals surface area contributed by atoms with Gasteiger partial charge in [-0.05, 0) is 44.4 Å². The van der Waals surface area contributed by atoms with Gasteiger partial charge in [0, 0.05) is 18.5 Å². The number of piperidine rings is 1. The number of amides is 1. The molecule has 0 aromatic heterocycles. The van der Waals surface area contributed by atoms with E-state index in [1.165, 1.54) is 32.1 Å². The first-order valence-corrected chi connectivity index (χ1v) is 7.73. The molecule has 18 heavy (non-hydrogen) atoms. The van der Waals surface area contributed by atoms with Crippen LogP contribution in [0, 0.1) is 5.92 Å². The van der Waals surface area contributed by atoms with Crippen molar-refractivity contribution in [2.75, 3.05) is 0 Å². The molecule has 0 aromatic carbocycles. The molecule has 1 amide bonds. The average Bonchev–Trinajstić information content (AvgIpc) is 2.63. The van der Waals surface area contributed by atoms with Gasteiger partial charge in [-0.2, -0.15) is 0 Å². The number of carbonyl (C=O) groups is 1. The summed E-state index contributed by atoms with van der Waals surface area (Å²) in [5, 5.41) is 9.77. The van der Waals surface area contributed by atoms with Gasteiger partial charge in [0.25, 0.3) is 0 Å². The van der Waals surface area contributed by atoms with Gasteiger partial charge in [0.05, 0.1) is 6.10 Å². The summed E-state index contributed by atoms with van der Waals surface area (Å²) in [6.45, 7) is 0. The number of aliphatic hydroxyl groups excluding tert-OH is 1. The molecule has 102 valence electrons. The van der Waals surface area contributed by atoms with Gasteiger partial charge in [-0.25, -0.2) is 0 Å². The van der Waals surface area contributed by atoms with Crippen molar-refractivity contribution < 1.29 is 9.90 Å². The predicted octanol–water partition coefficient (Wildman–Crippen LogP) is 2.47. The lowest BCUT2D eigenvalue weighted by Crippen LogP contribution is -2.48. The third-order valence-corrected chi connectivity index (χ3v) is 5.18. The fourth-order valence-corrected chi connectivity index (χ4v) is 4.30. The Morgan fingerprint density at radius 3 is 2.22 bits per heavy atom. The van der Waals surface area contributed by atoms with E-state index in [1.54, 1.807) is 0 Å². The third-order valence-electron chi connectivity index (χ3n) is 5.18. The number of rotatable bonds is 2. The zero-order chi connectivity index (χ0) is 12.5. The average molecular weight is 251 g/mol. The molecule has 3 fully saturated rings. The molecule has 3 nitrogen and oxygen atoms in total. The van der Waals surface area contributed by atoms with Crippen molar-refractivity contribution in [3.05, 3.63) is 0 Å². The molecule has 1 saturated carbocycles. The summed E-state index contributed by atoms with van der Waals surface area (Å²) in [6.07, 6.45) is 10.9. The first kappa shape index (κ1) is 12.5. The van der Waals surface area contributed by atoms with Crippen LogP contribution in [0.25, 0.3) is 0 Å². The smallest absolute Gasteiger partial charge is 0.223 e. The van der Waals surface area contributed by atoms with Crippen LogP contribution in [0.5, 0.6) is 0 Å². The Morgan fingerprint density at radius 2 is 1.61 bits per heavy atom. The minimum Gasteiger partial charge on any atom is -0.393 e. The van der Waals surface area contributed by atoms with Crippen LogP contribution < -0.4 is 0 Å². The molecule has 2 bridgehead atoms. The Kier molecular flexibility index (Phi) is 3.60. The molecule has 0 aromatic rings. The lowest BCUT2D eigenvalue weighted by molar-refractivity contribution is -0.138. The quantitative estimate of drug-likeness (QED) is 0.819. The zero-order valence-electron chi connectivity index (χ0n) is 11.2. The maximum absolute atomic E-state index is 12.5. The minimum atomic E-state index is -0.166. The SMILES string of the molecule is O=C(CC1CCCCC1)N1C2CCC1CC(O)C2. The molecule has 2 heterocycles. The third kappa shape index (κ3) is 2.42. The minimum absolute atomic E-state index is 0.166. The summed E-state index contributed by atoms with van der Waals surface area (Å²) in [6, 6.07) is 0.685.